The summed E-state index contributed by atoms with van der Waals surface area (Å²) in [6.45, 7) is 0. The van der Waals surface area contributed by atoms with Crippen molar-refractivity contribution in [2.75, 3.05) is 5.73 Å². The van der Waals surface area contributed by atoms with E-state index in [0.29, 0.717) is 11.3 Å². The molecule has 1 aromatic carbocycles. The lowest BCUT2D eigenvalue weighted by molar-refractivity contribution is 1.33. The Kier molecular flexibility index (Phi) is 2.34. The predicted molar refractivity (Wildman–Crippen MR) is 58.8 cm³/mol. The van der Waals surface area contributed by atoms with Crippen molar-refractivity contribution in [3.05, 3.63) is 48.3 Å². The smallest absolute Gasteiger partial charge is 0.0998 e. The van der Waals surface area contributed by atoms with Crippen LogP contribution in [0.1, 0.15) is 5.56 Å². The molecule has 0 atom stereocenters. The zero-order valence-electron chi connectivity index (χ0n) is 8.01. The highest BCUT2D eigenvalue weighted by Gasteiger charge is 2.04. The van der Waals surface area contributed by atoms with Gasteiger partial charge in [0, 0.05) is 23.6 Å². The maximum Gasteiger partial charge on any atom is 0.0998 e. The van der Waals surface area contributed by atoms with Gasteiger partial charge >= 0.3 is 0 Å². The largest absolute Gasteiger partial charge is 0.399 e. The van der Waals surface area contributed by atoms with Crippen molar-refractivity contribution in [3.8, 4) is 17.2 Å². The number of nitrogens with two attached hydrogens (primary N) is 1. The zero-order chi connectivity index (χ0) is 10.7. The zero-order valence-corrected chi connectivity index (χ0v) is 8.01. The Morgan fingerprint density at radius 3 is 2.53 bits per heavy atom. The van der Waals surface area contributed by atoms with E-state index in [9.17, 15) is 0 Å². The number of hydrogen-bond donors (Lipinski definition) is 1. The Hall–Kier alpha value is -2.34. The molecule has 15 heavy (non-hydrogen) atoms. The number of nitrogen functional groups attached to an aromatic ring is 1. The molecule has 0 bridgehead atoms. The monoisotopic (exact) mass is 195 g/mol. The summed E-state index contributed by atoms with van der Waals surface area (Å²) in [6, 6.07) is 11.1. The minimum atomic E-state index is 0.621. The maximum absolute atomic E-state index is 8.96. The molecule has 0 amide bonds. The molecule has 0 saturated heterocycles. The molecule has 0 radical (unpaired) electrons. The van der Waals surface area contributed by atoms with Gasteiger partial charge in [0.25, 0.3) is 0 Å². The Morgan fingerprint density at radius 1 is 1.13 bits per heavy atom. The van der Waals surface area contributed by atoms with E-state index in [1.807, 2.05) is 12.1 Å². The molecule has 3 nitrogen and oxygen atoms in total. The van der Waals surface area contributed by atoms with E-state index in [1.165, 1.54) is 0 Å². The van der Waals surface area contributed by atoms with Crippen LogP contribution in [0.5, 0.6) is 0 Å². The van der Waals surface area contributed by atoms with Crippen LogP contribution in [0.25, 0.3) is 11.1 Å². The van der Waals surface area contributed by atoms with Gasteiger partial charge in [-0.05, 0) is 35.9 Å². The molecule has 0 fully saturated rings. The number of anilines is 1. The van der Waals surface area contributed by atoms with Crippen LogP contribution in [0.4, 0.5) is 5.69 Å². The van der Waals surface area contributed by atoms with Crippen molar-refractivity contribution in [2.45, 2.75) is 0 Å². The van der Waals surface area contributed by atoms with Crippen LogP contribution in [0.3, 0.4) is 0 Å². The first-order valence-electron chi connectivity index (χ1n) is 4.51. The van der Waals surface area contributed by atoms with E-state index >= 15 is 0 Å². The molecular weight excluding hydrogens is 186 g/mol. The van der Waals surface area contributed by atoms with E-state index in [0.717, 1.165) is 11.1 Å². The number of aromatic nitrogens is 1. The second kappa shape index (κ2) is 3.81. The van der Waals surface area contributed by atoms with Crippen molar-refractivity contribution in [1.29, 1.82) is 5.26 Å². The Labute approximate surface area is 87.8 Å². The van der Waals surface area contributed by atoms with Gasteiger partial charge < -0.3 is 5.73 Å². The fourth-order valence-electron chi connectivity index (χ4n) is 1.43. The Bertz CT molecular complexity index is 512. The molecule has 0 saturated carbocycles. The molecule has 0 aliphatic heterocycles. The number of hydrogen-bond acceptors (Lipinski definition) is 3. The molecule has 1 heterocycles. The van der Waals surface area contributed by atoms with Gasteiger partial charge in [0.1, 0.15) is 0 Å². The van der Waals surface area contributed by atoms with Gasteiger partial charge in [-0.25, -0.2) is 0 Å². The van der Waals surface area contributed by atoms with E-state index in [1.54, 1.807) is 30.6 Å². The lowest BCUT2D eigenvalue weighted by Gasteiger charge is -2.04. The fraction of sp³-hybridized carbons (Fsp3) is 0. The van der Waals surface area contributed by atoms with Crippen molar-refractivity contribution in [3.63, 3.8) is 0 Å². The average Bonchev–Trinajstić information content (AvgIpc) is 2.30. The number of nitriles is 1. The number of pyridine rings is 1. The standard InChI is InChI=1S/C12H9N3/c13-8-10-1-2-11(14)7-12(10)9-3-5-15-6-4-9/h1-7H,14H2. The summed E-state index contributed by atoms with van der Waals surface area (Å²) < 4.78 is 0. The number of rotatable bonds is 1. The number of benzene rings is 1. The lowest BCUT2D eigenvalue weighted by atomic mass is 10.0. The summed E-state index contributed by atoms with van der Waals surface area (Å²) in [5, 5.41) is 8.96. The third kappa shape index (κ3) is 1.79. The Balaban J connectivity index is 2.62. The first-order valence-corrected chi connectivity index (χ1v) is 4.51. The SMILES string of the molecule is N#Cc1ccc(N)cc1-c1ccncc1. The highest BCUT2D eigenvalue weighted by atomic mass is 14.6. The topological polar surface area (TPSA) is 62.7 Å². The first kappa shape index (κ1) is 9.22. The van der Waals surface area contributed by atoms with Crippen molar-refractivity contribution < 1.29 is 0 Å². The van der Waals surface area contributed by atoms with Crippen molar-refractivity contribution in [1.82, 2.24) is 4.98 Å². The average molecular weight is 195 g/mol. The first-order chi connectivity index (χ1) is 7.31. The van der Waals surface area contributed by atoms with Gasteiger partial charge in [0.2, 0.25) is 0 Å². The summed E-state index contributed by atoms with van der Waals surface area (Å²) in [4.78, 5) is 3.93. The highest BCUT2D eigenvalue weighted by Crippen LogP contribution is 2.24. The molecule has 2 aromatic rings. The molecule has 0 aliphatic carbocycles. The summed E-state index contributed by atoms with van der Waals surface area (Å²) in [7, 11) is 0. The van der Waals surface area contributed by atoms with Gasteiger partial charge in [0.15, 0.2) is 0 Å². The van der Waals surface area contributed by atoms with Gasteiger partial charge in [0.05, 0.1) is 11.6 Å². The molecular formula is C12H9N3. The van der Waals surface area contributed by atoms with Crippen molar-refractivity contribution in [2.24, 2.45) is 0 Å². The van der Waals surface area contributed by atoms with Crippen LogP contribution in [0, 0.1) is 11.3 Å². The number of nitrogens with zero attached hydrogens (tertiary/aromatic N) is 2. The van der Waals surface area contributed by atoms with Crippen LogP contribution in [-0.2, 0) is 0 Å². The van der Waals surface area contributed by atoms with Gasteiger partial charge in [-0.1, -0.05) is 0 Å². The molecule has 3 heteroatoms. The highest BCUT2D eigenvalue weighted by molar-refractivity contribution is 5.73. The van der Waals surface area contributed by atoms with Crippen LogP contribution in [-0.4, -0.2) is 4.98 Å². The van der Waals surface area contributed by atoms with Crippen LogP contribution >= 0.6 is 0 Å². The summed E-state index contributed by atoms with van der Waals surface area (Å²) in [6.07, 6.45) is 3.39. The van der Waals surface area contributed by atoms with Gasteiger partial charge in [-0.3, -0.25) is 4.98 Å². The summed E-state index contributed by atoms with van der Waals surface area (Å²) in [5.41, 5.74) is 8.77. The van der Waals surface area contributed by atoms with E-state index in [4.69, 9.17) is 11.0 Å². The normalized spacial score (nSPS) is 9.53. The summed E-state index contributed by atoms with van der Waals surface area (Å²) >= 11 is 0. The molecule has 2 N–H and O–H groups in total. The van der Waals surface area contributed by atoms with Crippen LogP contribution in [0.2, 0.25) is 0 Å². The van der Waals surface area contributed by atoms with Crippen molar-refractivity contribution >= 4 is 5.69 Å². The third-order valence-electron chi connectivity index (χ3n) is 2.16. The molecule has 0 unspecified atom stereocenters. The lowest BCUT2D eigenvalue weighted by Crippen LogP contribution is -1.89. The van der Waals surface area contributed by atoms with Crippen LogP contribution in [0.15, 0.2) is 42.7 Å². The molecule has 72 valence electrons. The molecule has 0 spiro atoms. The quantitative estimate of drug-likeness (QED) is 0.709. The molecule has 0 aliphatic rings. The minimum Gasteiger partial charge on any atom is -0.399 e. The summed E-state index contributed by atoms with van der Waals surface area (Å²) in [5.74, 6) is 0. The van der Waals surface area contributed by atoms with Gasteiger partial charge in [-0.15, -0.1) is 0 Å². The second-order valence-electron chi connectivity index (χ2n) is 3.15. The maximum atomic E-state index is 8.96. The minimum absolute atomic E-state index is 0.621. The molecule has 2 rings (SSSR count). The van der Waals surface area contributed by atoms with E-state index in [2.05, 4.69) is 11.1 Å². The van der Waals surface area contributed by atoms with Gasteiger partial charge in [-0.2, -0.15) is 5.26 Å². The van der Waals surface area contributed by atoms with E-state index < -0.39 is 0 Å². The third-order valence-corrected chi connectivity index (χ3v) is 2.16. The van der Waals surface area contributed by atoms with E-state index in [-0.39, 0.29) is 0 Å². The molecule has 1 aromatic heterocycles. The fourth-order valence-corrected chi connectivity index (χ4v) is 1.43. The Morgan fingerprint density at radius 2 is 1.87 bits per heavy atom. The predicted octanol–water partition coefficient (Wildman–Crippen LogP) is 2.20. The van der Waals surface area contributed by atoms with Crippen LogP contribution < -0.4 is 5.73 Å². The second-order valence-corrected chi connectivity index (χ2v) is 3.15.